The van der Waals surface area contributed by atoms with Gasteiger partial charge in [-0.15, -0.1) is 0 Å². The molecule has 0 saturated heterocycles. The molecule has 1 heterocycles. The number of ether oxygens (including phenoxy) is 1. The van der Waals surface area contributed by atoms with E-state index in [0.717, 1.165) is 5.56 Å². The lowest BCUT2D eigenvalue weighted by Crippen LogP contribution is -2.11. The molecule has 1 aromatic heterocycles. The molecule has 0 fully saturated rings. The van der Waals surface area contributed by atoms with Crippen LogP contribution < -0.4 is 5.73 Å². The number of aromatic nitrogens is 1. The number of rotatable bonds is 5. The Hall–Kier alpha value is -3.32. The van der Waals surface area contributed by atoms with Crippen LogP contribution in [0.1, 0.15) is 21.5 Å². The van der Waals surface area contributed by atoms with E-state index in [1.54, 1.807) is 42.0 Å². The molecule has 147 valence electrons. The Morgan fingerprint density at radius 3 is 2.52 bits per heavy atom. The number of hydrogen-bond donors (Lipinski definition) is 1. The second-order valence-corrected chi connectivity index (χ2v) is 6.70. The Bertz CT molecular complexity index is 1240. The first-order chi connectivity index (χ1) is 13.9. The van der Waals surface area contributed by atoms with E-state index in [1.165, 1.54) is 0 Å². The topological polar surface area (TPSA) is 57.2 Å². The van der Waals surface area contributed by atoms with Gasteiger partial charge in [0.05, 0.1) is 24.2 Å². The summed E-state index contributed by atoms with van der Waals surface area (Å²) < 4.78 is 48.8. The number of halogens is 3. The number of benzene rings is 3. The molecule has 1 radical (unpaired) electrons. The Labute approximate surface area is 164 Å². The van der Waals surface area contributed by atoms with Crippen molar-refractivity contribution in [1.29, 1.82) is 0 Å². The lowest BCUT2D eigenvalue weighted by atomic mass is 10.0. The standard InChI is InChI=1S/C22H16F3N2O2/c1-29-11-12-5-6-14-20(7-12)27(10-16-17(24)8-13(23)9-18(16)25)19-4-2-3-15(21(14)19)22(26)28/h2-5,7-9H,10-11H2,1H3,(H2,26,28). The summed E-state index contributed by atoms with van der Waals surface area (Å²) in [6.07, 6.45) is 0. The molecule has 0 unspecified atom stereocenters. The molecule has 0 bridgehead atoms. The summed E-state index contributed by atoms with van der Waals surface area (Å²) in [5.74, 6) is -3.58. The van der Waals surface area contributed by atoms with Crippen LogP contribution in [0.3, 0.4) is 0 Å². The lowest BCUT2D eigenvalue weighted by Gasteiger charge is -2.11. The highest BCUT2D eigenvalue weighted by Crippen LogP contribution is 2.33. The minimum absolute atomic E-state index is 0.204. The van der Waals surface area contributed by atoms with E-state index >= 15 is 0 Å². The van der Waals surface area contributed by atoms with Gasteiger partial charge in [0, 0.05) is 41.1 Å². The van der Waals surface area contributed by atoms with Crippen LogP contribution in [0.5, 0.6) is 0 Å². The third-order valence-corrected chi connectivity index (χ3v) is 4.85. The summed E-state index contributed by atoms with van der Waals surface area (Å²) >= 11 is 0. The van der Waals surface area contributed by atoms with Crippen molar-refractivity contribution in [2.45, 2.75) is 13.2 Å². The van der Waals surface area contributed by atoms with Gasteiger partial charge in [-0.3, -0.25) is 4.79 Å². The first kappa shape index (κ1) is 19.0. The number of methoxy groups -OCH3 is 1. The molecule has 0 aliphatic heterocycles. The van der Waals surface area contributed by atoms with Gasteiger partial charge in [0.25, 0.3) is 0 Å². The molecule has 0 saturated carbocycles. The second kappa shape index (κ2) is 7.25. The lowest BCUT2D eigenvalue weighted by molar-refractivity contribution is 0.100. The summed E-state index contributed by atoms with van der Waals surface area (Å²) in [5.41, 5.74) is 7.49. The van der Waals surface area contributed by atoms with Crippen LogP contribution in [0.25, 0.3) is 21.8 Å². The van der Waals surface area contributed by atoms with Gasteiger partial charge in [0.2, 0.25) is 5.91 Å². The van der Waals surface area contributed by atoms with Crippen molar-refractivity contribution in [3.8, 4) is 0 Å². The van der Waals surface area contributed by atoms with Gasteiger partial charge in [-0.05, 0) is 35.9 Å². The second-order valence-electron chi connectivity index (χ2n) is 6.70. The van der Waals surface area contributed by atoms with Crippen molar-refractivity contribution >= 4 is 27.7 Å². The van der Waals surface area contributed by atoms with E-state index in [0.29, 0.717) is 40.5 Å². The predicted octanol–water partition coefficient (Wildman–Crippen LogP) is 4.31. The molecule has 29 heavy (non-hydrogen) atoms. The van der Waals surface area contributed by atoms with Gasteiger partial charge >= 0.3 is 0 Å². The first-order valence-corrected chi connectivity index (χ1v) is 8.78. The summed E-state index contributed by atoms with van der Waals surface area (Å²) in [4.78, 5) is 12.0. The third kappa shape index (κ3) is 3.23. The van der Waals surface area contributed by atoms with Gasteiger partial charge in [0.1, 0.15) is 17.5 Å². The number of primary amides is 1. The van der Waals surface area contributed by atoms with Crippen LogP contribution in [-0.4, -0.2) is 17.6 Å². The predicted molar refractivity (Wildman–Crippen MR) is 103 cm³/mol. The fourth-order valence-corrected chi connectivity index (χ4v) is 3.61. The van der Waals surface area contributed by atoms with Gasteiger partial charge < -0.3 is 15.0 Å². The Morgan fingerprint density at radius 2 is 1.86 bits per heavy atom. The fraction of sp³-hybridized carbons (Fsp3) is 0.136. The summed E-state index contributed by atoms with van der Waals surface area (Å²) in [6.45, 7) is 0.111. The molecule has 3 aromatic carbocycles. The van der Waals surface area contributed by atoms with E-state index < -0.39 is 23.4 Å². The summed E-state index contributed by atoms with van der Waals surface area (Å²) in [7, 11) is 1.55. The van der Waals surface area contributed by atoms with Crippen molar-refractivity contribution in [3.63, 3.8) is 0 Å². The van der Waals surface area contributed by atoms with Crippen LogP contribution in [0.15, 0.2) is 42.5 Å². The minimum atomic E-state index is -0.988. The molecule has 4 rings (SSSR count). The van der Waals surface area contributed by atoms with E-state index in [9.17, 15) is 18.0 Å². The minimum Gasteiger partial charge on any atom is -0.380 e. The molecule has 0 aliphatic carbocycles. The van der Waals surface area contributed by atoms with Crippen LogP contribution in [0, 0.1) is 23.5 Å². The summed E-state index contributed by atoms with van der Waals surface area (Å²) in [5, 5.41) is 1.14. The zero-order chi connectivity index (χ0) is 20.7. The molecule has 2 N–H and O–H groups in total. The number of carbonyl (C=O) groups is 1. The van der Waals surface area contributed by atoms with E-state index in [4.69, 9.17) is 10.5 Å². The highest BCUT2D eigenvalue weighted by Gasteiger charge is 2.20. The number of carbonyl (C=O) groups excluding carboxylic acids is 1. The van der Waals surface area contributed by atoms with Crippen LogP contribution in [0.4, 0.5) is 13.2 Å². The average Bonchev–Trinajstić information content (AvgIpc) is 2.97. The van der Waals surface area contributed by atoms with Crippen LogP contribution >= 0.6 is 0 Å². The zero-order valence-electron chi connectivity index (χ0n) is 15.4. The molecule has 1 amide bonds. The van der Waals surface area contributed by atoms with Gasteiger partial charge in [-0.1, -0.05) is 6.07 Å². The van der Waals surface area contributed by atoms with Crippen LogP contribution in [0.2, 0.25) is 0 Å². The van der Waals surface area contributed by atoms with Crippen molar-refractivity contribution < 1.29 is 22.7 Å². The summed E-state index contributed by atoms with van der Waals surface area (Å²) in [6, 6.07) is 12.9. The highest BCUT2D eigenvalue weighted by molar-refractivity contribution is 6.17. The number of nitrogens with zero attached hydrogens (tertiary/aromatic N) is 1. The van der Waals surface area contributed by atoms with E-state index in [-0.39, 0.29) is 17.7 Å². The average molecular weight is 397 g/mol. The van der Waals surface area contributed by atoms with Crippen molar-refractivity contribution in [2.75, 3.05) is 7.11 Å². The molecule has 4 aromatic rings. The van der Waals surface area contributed by atoms with Gasteiger partial charge in [0.15, 0.2) is 0 Å². The Morgan fingerprint density at radius 1 is 1.14 bits per heavy atom. The maximum absolute atomic E-state index is 14.3. The molecule has 0 aliphatic rings. The Balaban J connectivity index is 2.04. The van der Waals surface area contributed by atoms with Crippen molar-refractivity contribution in [1.82, 2.24) is 4.57 Å². The maximum atomic E-state index is 14.3. The van der Waals surface area contributed by atoms with Crippen LogP contribution in [-0.2, 0) is 17.9 Å². The molecule has 4 nitrogen and oxygen atoms in total. The highest BCUT2D eigenvalue weighted by atomic mass is 19.1. The number of fused-ring (bicyclic) bond motifs is 3. The van der Waals surface area contributed by atoms with Crippen molar-refractivity contribution in [3.05, 3.63) is 82.7 Å². The van der Waals surface area contributed by atoms with Crippen molar-refractivity contribution in [2.24, 2.45) is 5.73 Å². The largest absolute Gasteiger partial charge is 0.380 e. The fourth-order valence-electron chi connectivity index (χ4n) is 3.61. The molecular weight excluding hydrogens is 381 g/mol. The normalized spacial score (nSPS) is 11.4. The van der Waals surface area contributed by atoms with Gasteiger partial charge in [-0.25, -0.2) is 13.2 Å². The SMILES string of the molecule is COCc1c[c]c2c3c(C(N)=O)cccc3n(Cc3c(F)cc(F)cc3F)c2c1. The third-order valence-electron chi connectivity index (χ3n) is 4.85. The molecule has 0 spiro atoms. The molecule has 7 heteroatoms. The quantitative estimate of drug-likeness (QED) is 0.546. The molecule has 0 atom stereocenters. The first-order valence-electron chi connectivity index (χ1n) is 8.78. The van der Waals surface area contributed by atoms with Gasteiger partial charge in [-0.2, -0.15) is 0 Å². The number of hydrogen-bond acceptors (Lipinski definition) is 2. The Kier molecular flexibility index (Phi) is 4.76. The number of amides is 1. The zero-order valence-corrected chi connectivity index (χ0v) is 15.4. The monoisotopic (exact) mass is 397 g/mol. The molecular formula is C22H16F3N2O2. The van der Waals surface area contributed by atoms with E-state index in [1.807, 2.05) is 0 Å². The maximum Gasteiger partial charge on any atom is 0.249 e. The smallest absolute Gasteiger partial charge is 0.249 e. The van der Waals surface area contributed by atoms with E-state index in [2.05, 4.69) is 6.07 Å². The number of nitrogens with two attached hydrogens (primary N) is 1.